The van der Waals surface area contributed by atoms with Gasteiger partial charge in [0, 0.05) is 12.3 Å². The summed E-state index contributed by atoms with van der Waals surface area (Å²) in [7, 11) is 0. The maximum atomic E-state index is 12.3. The quantitative estimate of drug-likeness (QED) is 0.788. The molecule has 0 saturated heterocycles. The average molecular weight is 304 g/mol. The number of ketones is 1. The molecule has 4 fully saturated rings. The van der Waals surface area contributed by atoms with E-state index in [-0.39, 0.29) is 12.5 Å². The van der Waals surface area contributed by atoms with Crippen molar-refractivity contribution >= 4 is 5.78 Å². The lowest BCUT2D eigenvalue weighted by Crippen LogP contribution is -2.54. The van der Waals surface area contributed by atoms with E-state index in [9.17, 15) is 9.90 Å². The Balaban J connectivity index is 1.63. The molecule has 2 nitrogen and oxygen atoms in total. The first kappa shape index (κ1) is 15.2. The largest absolute Gasteiger partial charge is 0.396 e. The van der Waals surface area contributed by atoms with E-state index in [0.29, 0.717) is 22.5 Å². The van der Waals surface area contributed by atoms with Gasteiger partial charge in [0.15, 0.2) is 0 Å². The van der Waals surface area contributed by atoms with Gasteiger partial charge in [-0.25, -0.2) is 0 Å². The Hall–Kier alpha value is -0.370. The molecule has 0 radical (unpaired) electrons. The predicted octanol–water partition coefficient (Wildman–Crippen LogP) is 4.21. The average Bonchev–Trinajstić information content (AvgIpc) is 2.89. The summed E-state index contributed by atoms with van der Waals surface area (Å²) in [6.07, 6.45) is 11.4. The van der Waals surface area contributed by atoms with Crippen molar-refractivity contribution in [3.63, 3.8) is 0 Å². The van der Waals surface area contributed by atoms with E-state index < -0.39 is 0 Å². The van der Waals surface area contributed by atoms with Gasteiger partial charge in [-0.2, -0.15) is 0 Å². The fraction of sp³-hybridized carbons (Fsp3) is 0.950. The number of carbonyl (C=O) groups is 1. The number of hydrogen-bond donors (Lipinski definition) is 1. The lowest BCUT2D eigenvalue weighted by molar-refractivity contribution is -0.148. The third kappa shape index (κ3) is 1.98. The zero-order chi connectivity index (χ0) is 15.5. The van der Waals surface area contributed by atoms with Gasteiger partial charge in [0.25, 0.3) is 0 Å². The highest BCUT2D eigenvalue weighted by atomic mass is 16.3. The van der Waals surface area contributed by atoms with E-state index in [2.05, 4.69) is 13.8 Å². The van der Waals surface area contributed by atoms with E-state index in [0.717, 1.165) is 30.6 Å². The van der Waals surface area contributed by atoms with E-state index in [1.54, 1.807) is 0 Å². The van der Waals surface area contributed by atoms with Crippen molar-refractivity contribution < 1.29 is 9.90 Å². The lowest BCUT2D eigenvalue weighted by atomic mass is 9.44. The summed E-state index contributed by atoms with van der Waals surface area (Å²) < 4.78 is 0. The number of Topliss-reactive ketones (excluding diaryl/α,β-unsaturated/α-hetero) is 1. The minimum Gasteiger partial charge on any atom is -0.396 e. The number of carbonyl (C=O) groups excluding carboxylic acids is 1. The van der Waals surface area contributed by atoms with Crippen molar-refractivity contribution in [2.24, 2.45) is 40.4 Å². The van der Waals surface area contributed by atoms with E-state index in [4.69, 9.17) is 0 Å². The van der Waals surface area contributed by atoms with Gasteiger partial charge in [-0.05, 0) is 79.4 Å². The maximum absolute atomic E-state index is 12.3. The highest BCUT2D eigenvalue weighted by Gasteiger charge is 2.58. The summed E-state index contributed by atoms with van der Waals surface area (Å²) in [5.41, 5.74) is 0.930. The molecule has 0 aromatic rings. The molecule has 0 aliphatic heterocycles. The predicted molar refractivity (Wildman–Crippen MR) is 87.3 cm³/mol. The van der Waals surface area contributed by atoms with Crippen LogP contribution in [0.15, 0.2) is 0 Å². The van der Waals surface area contributed by atoms with Gasteiger partial charge in [-0.15, -0.1) is 0 Å². The summed E-state index contributed by atoms with van der Waals surface area (Å²) in [6.45, 7) is 5.09. The van der Waals surface area contributed by atoms with Crippen LogP contribution >= 0.6 is 0 Å². The Kier molecular flexibility index (Phi) is 3.49. The number of aliphatic hydroxyl groups is 1. The van der Waals surface area contributed by atoms with Crippen molar-refractivity contribution in [3.05, 3.63) is 0 Å². The molecular formula is C20H32O2. The summed E-state index contributed by atoms with van der Waals surface area (Å²) in [6, 6.07) is 0. The standard InChI is InChI=1S/C20H32O2/c1-19-8-3-4-16(19)15-6-5-14-10-18(22)13(12-21)11-20(14,2)17(15)7-9-19/h13-17,21H,3-12H2,1-2H3/t13?,14?,15-,16-,17-,19-,20-/m0/s1. The molecule has 2 heteroatoms. The number of hydrogen-bond acceptors (Lipinski definition) is 2. The monoisotopic (exact) mass is 304 g/mol. The SMILES string of the molecule is C[C@@]12CCC[C@H]1[C@@H]1CCC3CC(=O)C(CO)C[C@]3(C)[C@H]1CC2. The summed E-state index contributed by atoms with van der Waals surface area (Å²) in [5, 5.41) is 9.63. The second-order valence-electron chi connectivity index (χ2n) is 9.50. The third-order valence-electron chi connectivity index (χ3n) is 8.66. The van der Waals surface area contributed by atoms with Gasteiger partial charge >= 0.3 is 0 Å². The number of rotatable bonds is 1. The summed E-state index contributed by atoms with van der Waals surface area (Å²) >= 11 is 0. The minimum absolute atomic E-state index is 0.0691. The van der Waals surface area contributed by atoms with E-state index in [1.807, 2.05) is 0 Å². The van der Waals surface area contributed by atoms with Crippen LogP contribution in [0.3, 0.4) is 0 Å². The Morgan fingerprint density at radius 2 is 1.91 bits per heavy atom. The molecule has 0 heterocycles. The van der Waals surface area contributed by atoms with Gasteiger partial charge in [-0.1, -0.05) is 20.3 Å². The van der Waals surface area contributed by atoms with Crippen molar-refractivity contribution in [2.75, 3.05) is 6.61 Å². The minimum atomic E-state index is -0.0723. The van der Waals surface area contributed by atoms with E-state index >= 15 is 0 Å². The fourth-order valence-electron chi connectivity index (χ4n) is 7.40. The van der Waals surface area contributed by atoms with Crippen LogP contribution < -0.4 is 0 Å². The van der Waals surface area contributed by atoms with Gasteiger partial charge in [0.1, 0.15) is 5.78 Å². The smallest absolute Gasteiger partial charge is 0.138 e. The van der Waals surface area contributed by atoms with Crippen LogP contribution in [0.2, 0.25) is 0 Å². The van der Waals surface area contributed by atoms with Gasteiger partial charge in [0.2, 0.25) is 0 Å². The van der Waals surface area contributed by atoms with Crippen molar-refractivity contribution in [2.45, 2.75) is 71.6 Å². The van der Waals surface area contributed by atoms with Crippen LogP contribution in [0.4, 0.5) is 0 Å². The summed E-state index contributed by atoms with van der Waals surface area (Å²) in [4.78, 5) is 12.3. The second-order valence-corrected chi connectivity index (χ2v) is 9.50. The molecule has 0 bridgehead atoms. The molecule has 4 aliphatic carbocycles. The first-order valence-corrected chi connectivity index (χ1v) is 9.61. The Bertz CT molecular complexity index is 472. The molecule has 4 aliphatic rings. The van der Waals surface area contributed by atoms with Crippen LogP contribution in [-0.4, -0.2) is 17.5 Å². The molecule has 0 spiro atoms. The molecule has 4 saturated carbocycles. The zero-order valence-electron chi connectivity index (χ0n) is 14.3. The normalized spacial score (nSPS) is 54.5. The molecule has 0 aromatic carbocycles. The zero-order valence-corrected chi connectivity index (χ0v) is 14.3. The second kappa shape index (κ2) is 5.06. The molecule has 1 N–H and O–H groups in total. The number of aliphatic hydroxyl groups excluding tert-OH is 1. The Morgan fingerprint density at radius 1 is 1.09 bits per heavy atom. The van der Waals surface area contributed by atoms with Gasteiger partial charge in [0.05, 0.1) is 6.61 Å². The van der Waals surface area contributed by atoms with Crippen LogP contribution in [0.1, 0.15) is 71.6 Å². The van der Waals surface area contributed by atoms with Crippen LogP contribution in [-0.2, 0) is 4.79 Å². The van der Waals surface area contributed by atoms with Crippen molar-refractivity contribution in [1.29, 1.82) is 0 Å². The first-order chi connectivity index (χ1) is 10.5. The van der Waals surface area contributed by atoms with Crippen molar-refractivity contribution in [3.8, 4) is 0 Å². The molecule has 7 atom stereocenters. The van der Waals surface area contributed by atoms with Crippen LogP contribution in [0, 0.1) is 40.4 Å². The fourth-order valence-corrected chi connectivity index (χ4v) is 7.40. The molecule has 124 valence electrons. The molecule has 4 rings (SSSR count). The summed E-state index contributed by atoms with van der Waals surface area (Å²) in [5.74, 6) is 3.51. The topological polar surface area (TPSA) is 37.3 Å². The molecule has 22 heavy (non-hydrogen) atoms. The molecule has 2 unspecified atom stereocenters. The highest BCUT2D eigenvalue weighted by Crippen LogP contribution is 2.66. The highest BCUT2D eigenvalue weighted by molar-refractivity contribution is 5.82. The van der Waals surface area contributed by atoms with E-state index in [1.165, 1.54) is 44.9 Å². The maximum Gasteiger partial charge on any atom is 0.138 e. The molecule has 0 amide bonds. The Morgan fingerprint density at radius 3 is 2.68 bits per heavy atom. The van der Waals surface area contributed by atoms with Gasteiger partial charge in [-0.3, -0.25) is 4.79 Å². The van der Waals surface area contributed by atoms with Gasteiger partial charge < -0.3 is 5.11 Å². The first-order valence-electron chi connectivity index (χ1n) is 9.61. The third-order valence-corrected chi connectivity index (χ3v) is 8.66. The Labute approximate surface area is 135 Å². The molecule has 0 aromatic heterocycles. The number of fused-ring (bicyclic) bond motifs is 5. The lowest BCUT2D eigenvalue weighted by Gasteiger charge is -2.60. The van der Waals surface area contributed by atoms with Crippen LogP contribution in [0.5, 0.6) is 0 Å². The molecular weight excluding hydrogens is 272 g/mol. The van der Waals surface area contributed by atoms with Crippen molar-refractivity contribution in [1.82, 2.24) is 0 Å². The van der Waals surface area contributed by atoms with Crippen LogP contribution in [0.25, 0.3) is 0 Å².